The Morgan fingerprint density at radius 1 is 0.857 bits per heavy atom. The van der Waals surface area contributed by atoms with Crippen LogP contribution in [0.5, 0.6) is 0 Å². The molecular formula is C54H85NO15. The highest BCUT2D eigenvalue weighted by Gasteiger charge is 2.53. The molecule has 1 aliphatic carbocycles. The number of Topliss-reactive ketones (excluding diaryl/α,β-unsaturated/α-hetero) is 3. The number of piperidine rings is 1. The van der Waals surface area contributed by atoms with Crippen LogP contribution < -0.4 is 0 Å². The zero-order chi connectivity index (χ0) is 51.7. The molecule has 4 N–H and O–H groups in total. The predicted octanol–water partition coefficient (Wildman–Crippen LogP) is 5.56. The van der Waals surface area contributed by atoms with Crippen molar-refractivity contribution < 1.29 is 72.8 Å². The number of cyclic esters (lactones) is 1. The van der Waals surface area contributed by atoms with Gasteiger partial charge in [-0.25, -0.2) is 4.79 Å². The van der Waals surface area contributed by atoms with Crippen LogP contribution in [0, 0.1) is 35.5 Å². The lowest BCUT2D eigenvalue weighted by atomic mass is 9.78. The van der Waals surface area contributed by atoms with E-state index >= 15 is 0 Å². The third-order valence-electron chi connectivity index (χ3n) is 15.0. The molecule has 0 unspecified atom stereocenters. The Morgan fingerprint density at radius 2 is 1.60 bits per heavy atom. The fourth-order valence-electron chi connectivity index (χ4n) is 10.4. The van der Waals surface area contributed by atoms with Crippen LogP contribution in [0.4, 0.5) is 0 Å². The topological polar surface area (TPSA) is 225 Å². The molecule has 0 radical (unpaired) electrons. The molecule has 2 bridgehead atoms. The van der Waals surface area contributed by atoms with E-state index in [2.05, 4.69) is 0 Å². The van der Waals surface area contributed by atoms with Gasteiger partial charge in [-0.3, -0.25) is 19.2 Å². The van der Waals surface area contributed by atoms with E-state index in [4.69, 9.17) is 28.4 Å². The monoisotopic (exact) mass is 988 g/mol. The zero-order valence-electron chi connectivity index (χ0n) is 43.3. The highest BCUT2D eigenvalue weighted by molar-refractivity contribution is 6.39. The number of nitrogens with zero attached hydrogens (tertiary/aromatic N) is 1. The first kappa shape index (κ1) is 59.1. The summed E-state index contributed by atoms with van der Waals surface area (Å²) in [6, 6.07) is -1.17. The number of ether oxygens (including phenoxy) is 6. The normalized spacial score (nSPS) is 38.4. The lowest BCUT2D eigenvalue weighted by Crippen LogP contribution is -2.61. The summed E-state index contributed by atoms with van der Waals surface area (Å²) in [7, 11) is 2.93. The van der Waals surface area contributed by atoms with Crippen molar-refractivity contribution in [3.8, 4) is 0 Å². The minimum Gasteiger partial charge on any atom is -0.460 e. The number of aliphatic hydroxyl groups excluding tert-OH is 3. The van der Waals surface area contributed by atoms with Crippen molar-refractivity contribution in [2.75, 3.05) is 47.2 Å². The maximum absolute atomic E-state index is 14.5. The van der Waals surface area contributed by atoms with Gasteiger partial charge in [0.2, 0.25) is 5.79 Å². The van der Waals surface area contributed by atoms with Crippen molar-refractivity contribution in [1.82, 2.24) is 4.90 Å². The van der Waals surface area contributed by atoms with E-state index in [0.29, 0.717) is 63.4 Å². The molecule has 16 heteroatoms. The molecule has 396 valence electrons. The highest BCUT2D eigenvalue weighted by Crippen LogP contribution is 2.38. The molecule has 70 heavy (non-hydrogen) atoms. The largest absolute Gasteiger partial charge is 0.460 e. The van der Waals surface area contributed by atoms with Crippen molar-refractivity contribution in [3.63, 3.8) is 0 Å². The van der Waals surface area contributed by atoms with Crippen LogP contribution >= 0.6 is 0 Å². The number of allylic oxidation sites excluding steroid dienone is 6. The SMILES string of the molecule is CO[C@@H]1C[C@H](C[C@@H](C)[C@@H]2CC(=O)[C@H](C)/C=C(\C)[C@@H](O)[C@@H](OC)C(=O)[C@H](C)C[C@H](C)/C=C/C=C/C=C(\C)[C@@H](OCCOCCO)C[C@@H]3CC[C@@H](C)[C@@](O)(O3)C(=O)C(=O)N3CCCC[C@H]3C(=O)O2)CC[C@H]1O. The summed E-state index contributed by atoms with van der Waals surface area (Å²) >= 11 is 0. The molecule has 15 atom stereocenters. The Balaban J connectivity index is 1.71. The Bertz CT molecular complexity index is 1850. The minimum atomic E-state index is -2.49. The summed E-state index contributed by atoms with van der Waals surface area (Å²) in [5.74, 6) is -8.28. The fourth-order valence-corrected chi connectivity index (χ4v) is 10.4. The van der Waals surface area contributed by atoms with Crippen molar-refractivity contribution in [3.05, 3.63) is 47.6 Å². The van der Waals surface area contributed by atoms with Crippen molar-refractivity contribution in [1.29, 1.82) is 0 Å². The number of aliphatic hydroxyl groups is 4. The second-order valence-corrected chi connectivity index (χ2v) is 20.6. The van der Waals surface area contributed by atoms with E-state index in [1.807, 2.05) is 51.2 Å². The highest BCUT2D eigenvalue weighted by atomic mass is 16.6. The third-order valence-corrected chi connectivity index (χ3v) is 15.0. The summed E-state index contributed by atoms with van der Waals surface area (Å²) in [5, 5.41) is 43.3. The van der Waals surface area contributed by atoms with Gasteiger partial charge < -0.3 is 53.7 Å². The van der Waals surface area contributed by atoms with E-state index < -0.39 is 83.9 Å². The number of hydrogen-bond acceptors (Lipinski definition) is 15. The molecule has 3 aliphatic heterocycles. The van der Waals surface area contributed by atoms with Gasteiger partial charge >= 0.3 is 5.97 Å². The number of esters is 1. The Labute approximate surface area is 416 Å². The van der Waals surface area contributed by atoms with Crippen molar-refractivity contribution in [2.24, 2.45) is 35.5 Å². The molecule has 3 fully saturated rings. The molecule has 1 saturated carbocycles. The first-order valence-electron chi connectivity index (χ1n) is 25.7. The van der Waals surface area contributed by atoms with Crippen LogP contribution in [0.25, 0.3) is 0 Å². The van der Waals surface area contributed by atoms with Crippen molar-refractivity contribution in [2.45, 2.75) is 180 Å². The molecule has 0 spiro atoms. The van der Waals surface area contributed by atoms with E-state index in [-0.39, 0.29) is 87.7 Å². The molecule has 16 nitrogen and oxygen atoms in total. The Kier molecular flexibility index (Phi) is 24.2. The quantitative estimate of drug-likeness (QED) is 0.0861. The molecule has 4 rings (SSSR count). The average molecular weight is 988 g/mol. The number of amides is 1. The van der Waals surface area contributed by atoms with Crippen LogP contribution in [0.1, 0.15) is 126 Å². The second-order valence-electron chi connectivity index (χ2n) is 20.6. The van der Waals surface area contributed by atoms with Crippen LogP contribution in [0.2, 0.25) is 0 Å². The standard InChI is InChI=1S/C54H85NO15/c1-33-15-11-10-12-16-34(2)45(68-26-25-67-24-23-56)31-41-20-18-39(7)54(64,70-41)51(61)52(62)55-22-14-13-17-42(55)53(63)69-46(36(4)29-40-19-21-43(57)47(30-40)65-8)32-44(58)35(3)28-38(6)49(60)50(66-9)48(59)37(5)27-33/h10-12,15-16,28,33,35-37,39-43,45-47,49-50,56-57,60,64H,13-14,17-27,29-32H2,1-9H3/b12-10+,15-11+,34-16+,38-28+/t33-,35-,36-,37-,39-,40+,41+,42+,43-,45+,46+,47-,49-,50+,54-/m1/s1. The zero-order valence-corrected chi connectivity index (χ0v) is 43.3. The summed E-state index contributed by atoms with van der Waals surface area (Å²) in [6.07, 6.45) is 10.5. The van der Waals surface area contributed by atoms with Gasteiger partial charge in [-0.1, -0.05) is 71.1 Å². The van der Waals surface area contributed by atoms with Gasteiger partial charge in [0.1, 0.15) is 30.1 Å². The van der Waals surface area contributed by atoms with E-state index in [1.165, 1.54) is 12.0 Å². The lowest BCUT2D eigenvalue weighted by Gasteiger charge is -2.43. The van der Waals surface area contributed by atoms with Gasteiger partial charge in [-0.05, 0) is 107 Å². The van der Waals surface area contributed by atoms with Gasteiger partial charge in [0.15, 0.2) is 5.78 Å². The van der Waals surface area contributed by atoms with Gasteiger partial charge in [0, 0.05) is 51.4 Å². The first-order valence-corrected chi connectivity index (χ1v) is 25.7. The number of fused-ring (bicyclic) bond motifs is 3. The van der Waals surface area contributed by atoms with Crippen LogP contribution in [-0.4, -0.2) is 156 Å². The third kappa shape index (κ3) is 16.5. The van der Waals surface area contributed by atoms with Gasteiger partial charge in [-0.15, -0.1) is 0 Å². The maximum Gasteiger partial charge on any atom is 0.329 e. The maximum atomic E-state index is 14.5. The minimum absolute atomic E-state index is 0.0147. The molecule has 2 saturated heterocycles. The Morgan fingerprint density at radius 3 is 2.30 bits per heavy atom. The number of methoxy groups -OCH3 is 2. The number of carbonyl (C=O) groups excluding carboxylic acids is 5. The molecule has 0 aromatic carbocycles. The number of ketones is 3. The number of hydrogen-bond donors (Lipinski definition) is 4. The smallest absolute Gasteiger partial charge is 0.329 e. The Hall–Kier alpha value is -3.45. The summed E-state index contributed by atoms with van der Waals surface area (Å²) < 4.78 is 35.3. The molecule has 0 aromatic rings. The second kappa shape index (κ2) is 28.7. The van der Waals surface area contributed by atoms with Crippen LogP contribution in [0.3, 0.4) is 0 Å². The van der Waals surface area contributed by atoms with E-state index in [1.54, 1.807) is 40.9 Å². The first-order chi connectivity index (χ1) is 33.2. The molecule has 0 aromatic heterocycles. The molecule has 3 heterocycles. The fraction of sp³-hybridized carbons (Fsp3) is 0.759. The van der Waals surface area contributed by atoms with Crippen LogP contribution in [0.15, 0.2) is 47.6 Å². The molecule has 4 aliphatic rings. The van der Waals surface area contributed by atoms with E-state index in [9.17, 15) is 44.4 Å². The van der Waals surface area contributed by atoms with Gasteiger partial charge in [0.05, 0.1) is 50.8 Å². The predicted molar refractivity (Wildman–Crippen MR) is 262 cm³/mol. The summed E-state index contributed by atoms with van der Waals surface area (Å²) in [6.45, 7) is 13.1. The molecular weight excluding hydrogens is 903 g/mol. The van der Waals surface area contributed by atoms with Gasteiger partial charge in [0.25, 0.3) is 11.7 Å². The van der Waals surface area contributed by atoms with E-state index in [0.717, 1.165) is 5.57 Å². The summed E-state index contributed by atoms with van der Waals surface area (Å²) in [4.78, 5) is 72.3. The van der Waals surface area contributed by atoms with Gasteiger partial charge in [-0.2, -0.15) is 0 Å². The van der Waals surface area contributed by atoms with Crippen LogP contribution in [-0.2, 0) is 52.4 Å². The average Bonchev–Trinajstić information content (AvgIpc) is 3.33. The number of rotatable bonds is 11. The summed E-state index contributed by atoms with van der Waals surface area (Å²) in [5.41, 5.74) is 1.19. The van der Waals surface area contributed by atoms with Crippen molar-refractivity contribution >= 4 is 29.2 Å². The number of carbonyl (C=O) groups is 5. The lowest BCUT2D eigenvalue weighted by molar-refractivity contribution is -0.266. The molecule has 1 amide bonds.